The van der Waals surface area contributed by atoms with Crippen LogP contribution in [0, 0.1) is 0 Å². The van der Waals surface area contributed by atoms with E-state index in [1.165, 1.54) is 7.11 Å². The quantitative estimate of drug-likeness (QED) is 0.745. The van der Waals surface area contributed by atoms with Gasteiger partial charge in [-0.05, 0) is 0 Å². The van der Waals surface area contributed by atoms with Crippen molar-refractivity contribution in [1.82, 2.24) is 9.97 Å². The molecule has 1 N–H and O–H groups in total. The molecule has 5 heteroatoms. The SMILES string of the molecule is CCc1ncc(NC(=O)OC)cn1. The second-order valence-corrected chi connectivity index (χ2v) is 2.36. The highest BCUT2D eigenvalue weighted by Crippen LogP contribution is 2.03. The summed E-state index contributed by atoms with van der Waals surface area (Å²) < 4.78 is 4.41. The first kappa shape index (κ1) is 9.44. The number of hydrogen-bond acceptors (Lipinski definition) is 4. The van der Waals surface area contributed by atoms with Crippen molar-refractivity contribution in [3.05, 3.63) is 18.2 Å². The molecule has 1 aromatic rings. The van der Waals surface area contributed by atoms with Crippen molar-refractivity contribution in [2.24, 2.45) is 0 Å². The van der Waals surface area contributed by atoms with Gasteiger partial charge in [0.15, 0.2) is 0 Å². The van der Waals surface area contributed by atoms with Gasteiger partial charge in [-0.3, -0.25) is 5.32 Å². The Balaban J connectivity index is 2.64. The Morgan fingerprint density at radius 2 is 2.15 bits per heavy atom. The van der Waals surface area contributed by atoms with Crippen LogP contribution in [-0.2, 0) is 11.2 Å². The summed E-state index contributed by atoms with van der Waals surface area (Å²) in [5.41, 5.74) is 0.532. The Bertz CT molecular complexity index is 284. The summed E-state index contributed by atoms with van der Waals surface area (Å²) in [5.74, 6) is 0.746. The van der Waals surface area contributed by atoms with Crippen molar-refractivity contribution in [2.45, 2.75) is 13.3 Å². The van der Waals surface area contributed by atoms with E-state index in [4.69, 9.17) is 0 Å². The van der Waals surface area contributed by atoms with E-state index in [2.05, 4.69) is 20.0 Å². The van der Waals surface area contributed by atoms with E-state index in [0.717, 1.165) is 12.2 Å². The van der Waals surface area contributed by atoms with Crippen molar-refractivity contribution < 1.29 is 9.53 Å². The topological polar surface area (TPSA) is 64.1 Å². The zero-order chi connectivity index (χ0) is 9.68. The Kier molecular flexibility index (Phi) is 3.19. The van der Waals surface area contributed by atoms with Crippen LogP contribution in [0.3, 0.4) is 0 Å². The van der Waals surface area contributed by atoms with Gasteiger partial charge in [-0.15, -0.1) is 0 Å². The molecule has 0 radical (unpaired) electrons. The number of nitrogens with one attached hydrogen (secondary N) is 1. The van der Waals surface area contributed by atoms with Crippen LogP contribution >= 0.6 is 0 Å². The van der Waals surface area contributed by atoms with Crippen LogP contribution in [0.15, 0.2) is 12.4 Å². The molecule has 0 aliphatic carbocycles. The summed E-state index contributed by atoms with van der Waals surface area (Å²) in [6.45, 7) is 1.96. The van der Waals surface area contributed by atoms with Crippen molar-refractivity contribution in [2.75, 3.05) is 12.4 Å². The van der Waals surface area contributed by atoms with Gasteiger partial charge >= 0.3 is 6.09 Å². The lowest BCUT2D eigenvalue weighted by Gasteiger charge is -2.02. The molecular formula is C8H11N3O2. The second-order valence-electron chi connectivity index (χ2n) is 2.36. The lowest BCUT2D eigenvalue weighted by molar-refractivity contribution is 0.187. The Labute approximate surface area is 76.2 Å². The number of hydrogen-bond donors (Lipinski definition) is 1. The molecule has 1 aromatic heterocycles. The molecule has 0 aliphatic rings. The second kappa shape index (κ2) is 4.39. The van der Waals surface area contributed by atoms with Gasteiger partial charge in [0.1, 0.15) is 5.82 Å². The van der Waals surface area contributed by atoms with E-state index in [0.29, 0.717) is 5.69 Å². The fraction of sp³-hybridized carbons (Fsp3) is 0.375. The first-order valence-corrected chi connectivity index (χ1v) is 3.92. The average molecular weight is 181 g/mol. The average Bonchev–Trinajstić information content (AvgIpc) is 2.19. The van der Waals surface area contributed by atoms with E-state index in [1.54, 1.807) is 12.4 Å². The number of nitrogens with zero attached hydrogens (tertiary/aromatic N) is 2. The molecule has 0 saturated heterocycles. The highest BCUT2D eigenvalue weighted by Gasteiger charge is 2.00. The normalized spacial score (nSPS) is 9.38. The summed E-state index contributed by atoms with van der Waals surface area (Å²) in [4.78, 5) is 18.8. The molecule has 0 atom stereocenters. The van der Waals surface area contributed by atoms with Crippen LogP contribution in [0.4, 0.5) is 10.5 Å². The van der Waals surface area contributed by atoms with Crippen LogP contribution in [0.25, 0.3) is 0 Å². The number of anilines is 1. The number of amides is 1. The standard InChI is InChI=1S/C8H11N3O2/c1-3-7-9-4-6(5-10-7)11-8(12)13-2/h4-5H,3H2,1-2H3,(H,11,12). The van der Waals surface area contributed by atoms with Crippen molar-refractivity contribution in [3.8, 4) is 0 Å². The summed E-state index contributed by atoms with van der Waals surface area (Å²) >= 11 is 0. The van der Waals surface area contributed by atoms with Gasteiger partial charge in [-0.1, -0.05) is 6.92 Å². The molecule has 0 fully saturated rings. The van der Waals surface area contributed by atoms with E-state index in [1.807, 2.05) is 6.92 Å². The lowest BCUT2D eigenvalue weighted by Crippen LogP contribution is -2.11. The highest BCUT2D eigenvalue weighted by molar-refractivity contribution is 5.83. The fourth-order valence-electron chi connectivity index (χ4n) is 0.771. The van der Waals surface area contributed by atoms with E-state index in [9.17, 15) is 4.79 Å². The molecule has 1 heterocycles. The van der Waals surface area contributed by atoms with Gasteiger partial charge < -0.3 is 4.74 Å². The minimum atomic E-state index is -0.521. The van der Waals surface area contributed by atoms with Crippen LogP contribution < -0.4 is 5.32 Å². The van der Waals surface area contributed by atoms with Gasteiger partial charge in [0.05, 0.1) is 25.2 Å². The number of methoxy groups -OCH3 is 1. The molecule has 5 nitrogen and oxygen atoms in total. The number of ether oxygens (including phenoxy) is 1. The van der Waals surface area contributed by atoms with Gasteiger partial charge in [0, 0.05) is 6.42 Å². The summed E-state index contributed by atoms with van der Waals surface area (Å²) in [6.07, 6.45) is 3.34. The molecule has 0 saturated carbocycles. The fourth-order valence-corrected chi connectivity index (χ4v) is 0.771. The van der Waals surface area contributed by atoms with Gasteiger partial charge in [-0.2, -0.15) is 0 Å². The van der Waals surface area contributed by atoms with Gasteiger partial charge in [-0.25, -0.2) is 14.8 Å². The van der Waals surface area contributed by atoms with Crippen molar-refractivity contribution in [3.63, 3.8) is 0 Å². The van der Waals surface area contributed by atoms with Gasteiger partial charge in [0.25, 0.3) is 0 Å². The highest BCUT2D eigenvalue weighted by atomic mass is 16.5. The largest absolute Gasteiger partial charge is 0.453 e. The molecular weight excluding hydrogens is 170 g/mol. The van der Waals surface area contributed by atoms with Crippen LogP contribution in [0.5, 0.6) is 0 Å². The third-order valence-electron chi connectivity index (χ3n) is 1.45. The third-order valence-corrected chi connectivity index (χ3v) is 1.45. The number of aromatic nitrogens is 2. The first-order chi connectivity index (χ1) is 6.26. The molecule has 1 amide bonds. The zero-order valence-corrected chi connectivity index (χ0v) is 7.57. The maximum atomic E-state index is 10.7. The van der Waals surface area contributed by atoms with E-state index >= 15 is 0 Å². The van der Waals surface area contributed by atoms with E-state index < -0.39 is 6.09 Å². The molecule has 0 unspecified atom stereocenters. The van der Waals surface area contributed by atoms with Crippen LogP contribution in [0.1, 0.15) is 12.7 Å². The monoisotopic (exact) mass is 181 g/mol. The van der Waals surface area contributed by atoms with Crippen molar-refractivity contribution >= 4 is 11.8 Å². The Hall–Kier alpha value is -1.65. The molecule has 13 heavy (non-hydrogen) atoms. The minimum Gasteiger partial charge on any atom is -0.453 e. The number of rotatable bonds is 2. The zero-order valence-electron chi connectivity index (χ0n) is 7.57. The molecule has 0 spiro atoms. The van der Waals surface area contributed by atoms with Crippen LogP contribution in [0.2, 0.25) is 0 Å². The summed E-state index contributed by atoms with van der Waals surface area (Å²) in [7, 11) is 1.30. The predicted molar refractivity (Wildman–Crippen MR) is 47.4 cm³/mol. The first-order valence-electron chi connectivity index (χ1n) is 3.92. The molecule has 0 bridgehead atoms. The Morgan fingerprint density at radius 3 is 2.62 bits per heavy atom. The third kappa shape index (κ3) is 2.70. The summed E-state index contributed by atoms with van der Waals surface area (Å²) in [5, 5.41) is 2.46. The molecule has 1 rings (SSSR count). The smallest absolute Gasteiger partial charge is 0.411 e. The lowest BCUT2D eigenvalue weighted by atomic mass is 10.4. The summed E-state index contributed by atoms with van der Waals surface area (Å²) in [6, 6.07) is 0. The Morgan fingerprint density at radius 1 is 1.54 bits per heavy atom. The maximum absolute atomic E-state index is 10.7. The van der Waals surface area contributed by atoms with Gasteiger partial charge in [0.2, 0.25) is 0 Å². The predicted octanol–water partition coefficient (Wildman–Crippen LogP) is 1.22. The molecule has 0 aliphatic heterocycles. The maximum Gasteiger partial charge on any atom is 0.411 e. The molecule has 0 aromatic carbocycles. The number of carbonyl (C=O) groups excluding carboxylic acids is 1. The number of carbonyl (C=O) groups is 1. The van der Waals surface area contributed by atoms with Crippen LogP contribution in [-0.4, -0.2) is 23.2 Å². The van der Waals surface area contributed by atoms with E-state index in [-0.39, 0.29) is 0 Å². The van der Waals surface area contributed by atoms with Crippen molar-refractivity contribution in [1.29, 1.82) is 0 Å². The number of aryl methyl sites for hydroxylation is 1. The molecule has 70 valence electrons. The minimum absolute atomic E-state index is 0.521.